The van der Waals surface area contributed by atoms with Crippen LogP contribution in [0.3, 0.4) is 0 Å². The monoisotopic (exact) mass is 647 g/mol. The van der Waals surface area contributed by atoms with Crippen LogP contribution in [0.4, 0.5) is 10.2 Å². The van der Waals surface area contributed by atoms with Crippen molar-refractivity contribution < 1.29 is 36.2 Å². The number of ether oxygens (including phenoxy) is 1. The molecule has 2 unspecified atom stereocenters. The number of amides is 1. The second-order valence-corrected chi connectivity index (χ2v) is 19.6. The summed E-state index contributed by atoms with van der Waals surface area (Å²) in [5.41, 5.74) is 3.65. The van der Waals surface area contributed by atoms with Crippen LogP contribution in [0.25, 0.3) is 16.8 Å². The molecule has 1 aliphatic heterocycles. The molecular formula is C28H33FIN6O3-. The second kappa shape index (κ2) is 10.2. The predicted octanol–water partition coefficient (Wildman–Crippen LogP) is 0.948. The van der Waals surface area contributed by atoms with Crippen molar-refractivity contribution in [3.05, 3.63) is 59.9 Å². The van der Waals surface area contributed by atoms with Gasteiger partial charge in [-0.2, -0.15) is 0 Å². The first-order chi connectivity index (χ1) is 18.7. The molecule has 1 saturated heterocycles. The number of nitrogens with one attached hydrogen (secondary N) is 1. The van der Waals surface area contributed by atoms with Crippen molar-refractivity contribution in [3.8, 4) is 17.0 Å². The van der Waals surface area contributed by atoms with E-state index in [1.807, 2.05) is 25.3 Å². The molecule has 6 rings (SSSR count). The van der Waals surface area contributed by atoms with Crippen molar-refractivity contribution >= 4 is 17.2 Å². The zero-order valence-electron chi connectivity index (χ0n) is 22.3. The quantitative estimate of drug-likeness (QED) is 0.207. The van der Waals surface area contributed by atoms with Gasteiger partial charge in [0.15, 0.2) is 0 Å². The van der Waals surface area contributed by atoms with E-state index in [1.165, 1.54) is 10.7 Å². The Balaban J connectivity index is 1.15. The van der Waals surface area contributed by atoms with Crippen LogP contribution in [0, 0.1) is 18.7 Å². The molecule has 1 amide bonds. The number of carbonyl (C=O) groups excluding carboxylic acids is 1. The van der Waals surface area contributed by atoms with Crippen LogP contribution in [-0.2, 0) is 11.8 Å². The molecule has 208 valence electrons. The number of alkyl halides is 3. The van der Waals surface area contributed by atoms with Gasteiger partial charge in [0.05, 0.1) is 0 Å². The third-order valence-electron chi connectivity index (χ3n) is 7.87. The molecule has 4 aromatic heterocycles. The fourth-order valence-electron chi connectivity index (χ4n) is 5.30. The van der Waals surface area contributed by atoms with Crippen molar-refractivity contribution in [2.24, 2.45) is 13.0 Å². The van der Waals surface area contributed by atoms with E-state index in [9.17, 15) is 8.23 Å². The maximum atomic E-state index is 15.3. The Morgan fingerprint density at radius 2 is 2.15 bits per heavy atom. The first kappa shape index (κ1) is 26.2. The van der Waals surface area contributed by atoms with Gasteiger partial charge in [-0.15, -0.1) is 0 Å². The summed E-state index contributed by atoms with van der Waals surface area (Å²) in [6, 6.07) is 7.49. The van der Waals surface area contributed by atoms with E-state index >= 15 is 4.39 Å². The first-order valence-corrected chi connectivity index (χ1v) is 18.5. The number of fused-ring (bicyclic) bond motifs is 1. The number of halogens is 2. The van der Waals surface area contributed by atoms with Crippen LogP contribution in [0.2, 0.25) is 0 Å². The van der Waals surface area contributed by atoms with Gasteiger partial charge in [-0.05, 0) is 30.9 Å². The normalized spacial score (nSPS) is 25.6. The molecule has 5 heterocycles. The van der Waals surface area contributed by atoms with E-state index in [1.54, 1.807) is 30.1 Å². The van der Waals surface area contributed by atoms with Crippen LogP contribution in [0.5, 0.6) is 5.75 Å². The number of anilines is 1. The number of aryl methyl sites for hydroxylation is 2. The Morgan fingerprint density at radius 3 is 2.87 bits per heavy atom. The molecule has 4 atom stereocenters. The number of rotatable bonds is 9. The molecule has 1 aliphatic carbocycles. The first-order valence-electron chi connectivity index (χ1n) is 13.2. The van der Waals surface area contributed by atoms with Crippen LogP contribution >= 0.6 is 0 Å². The molecule has 0 spiro atoms. The minimum atomic E-state index is -2.66. The van der Waals surface area contributed by atoms with Gasteiger partial charge in [0.1, 0.15) is 0 Å². The molecule has 0 bridgehead atoms. The topological polar surface area (TPSA) is 107 Å². The Labute approximate surface area is 230 Å². The Kier molecular flexibility index (Phi) is 6.82. The summed E-state index contributed by atoms with van der Waals surface area (Å²) in [6.45, 7) is 4.48. The molecule has 2 fully saturated rings. The maximum absolute atomic E-state index is 15.3. The van der Waals surface area contributed by atoms with Crippen molar-refractivity contribution in [2.75, 3.05) is 20.8 Å². The SMILES string of the molecule is CC[I-]1(O)CC[C@H]1COc1cnn(C)c1-c1cc2cc(NC(=O)C[C@@H]3CC3c3ccc(C)cn3)nn2cc1F. The molecule has 0 radical (unpaired) electrons. The number of hydrogen-bond acceptors (Lipinski definition) is 6. The molecule has 2 aliphatic rings. The standard InChI is InChI=1S/C28H33FIN6O3/c1-4-30(38)8-7-19(30)16-39-25-14-32-35(3)28(25)22-11-20-12-26(34-36(20)15-23(22)29)33-27(37)10-18-9-21(18)24-6-5-17(2)13-31-24/h5-6,11-15,18-19,21,38H,4,7-10,16H2,1-3H3,(H,33,34,37)/q-1/t18-,19-,21?/m0/s1. The zero-order chi connectivity index (χ0) is 27.3. The summed E-state index contributed by atoms with van der Waals surface area (Å²) in [5, 5.41) is 11.5. The molecular weight excluding hydrogens is 614 g/mol. The van der Waals surface area contributed by atoms with Gasteiger partial charge in [-0.25, -0.2) is 0 Å². The van der Waals surface area contributed by atoms with Gasteiger partial charge in [0.25, 0.3) is 0 Å². The van der Waals surface area contributed by atoms with Crippen molar-refractivity contribution in [1.82, 2.24) is 24.4 Å². The van der Waals surface area contributed by atoms with E-state index in [0.29, 0.717) is 47.3 Å². The van der Waals surface area contributed by atoms with Gasteiger partial charge in [0.2, 0.25) is 0 Å². The fourth-order valence-corrected chi connectivity index (χ4v) is 11.1. The molecule has 1 saturated carbocycles. The number of pyridine rings is 2. The number of nitrogens with zero attached hydrogens (tertiary/aromatic N) is 5. The summed E-state index contributed by atoms with van der Waals surface area (Å²) >= 11 is -2.66. The number of carbonyl (C=O) groups is 1. The molecule has 4 aromatic rings. The second-order valence-electron chi connectivity index (χ2n) is 10.5. The van der Waals surface area contributed by atoms with Gasteiger partial charge in [0, 0.05) is 24.2 Å². The fraction of sp³-hybridized carbons (Fsp3) is 0.429. The van der Waals surface area contributed by atoms with E-state index < -0.39 is 24.7 Å². The van der Waals surface area contributed by atoms with Gasteiger partial charge in [-0.1, -0.05) is 6.07 Å². The zero-order valence-corrected chi connectivity index (χ0v) is 24.4. The molecule has 2 N–H and O–H groups in total. The van der Waals surface area contributed by atoms with E-state index in [4.69, 9.17) is 4.74 Å². The average molecular weight is 648 g/mol. The molecule has 39 heavy (non-hydrogen) atoms. The van der Waals surface area contributed by atoms with Gasteiger partial charge >= 0.3 is 160 Å². The van der Waals surface area contributed by atoms with Crippen LogP contribution in [0.15, 0.2) is 42.9 Å². The van der Waals surface area contributed by atoms with Crippen molar-refractivity contribution in [3.63, 3.8) is 0 Å². The Morgan fingerprint density at radius 1 is 1.31 bits per heavy atom. The summed E-state index contributed by atoms with van der Waals surface area (Å²) < 4.78 is 37.2. The third-order valence-corrected chi connectivity index (χ3v) is 17.3. The van der Waals surface area contributed by atoms with E-state index in [0.717, 1.165) is 33.0 Å². The third kappa shape index (κ3) is 5.13. The van der Waals surface area contributed by atoms with E-state index in [-0.39, 0.29) is 15.7 Å². The Hall–Kier alpha value is -3.06. The van der Waals surface area contributed by atoms with Crippen LogP contribution in [0.1, 0.15) is 43.4 Å². The van der Waals surface area contributed by atoms with Crippen LogP contribution in [-0.4, -0.2) is 53.1 Å². The predicted molar refractivity (Wildman–Crippen MR) is 142 cm³/mol. The van der Waals surface area contributed by atoms with Crippen molar-refractivity contribution in [1.29, 1.82) is 0 Å². The summed E-state index contributed by atoms with van der Waals surface area (Å²) in [5.74, 6) is 0.845. The van der Waals surface area contributed by atoms with E-state index in [2.05, 4.69) is 27.4 Å². The molecule has 0 aromatic carbocycles. The van der Waals surface area contributed by atoms with Gasteiger partial charge < -0.3 is 0 Å². The molecule has 9 nitrogen and oxygen atoms in total. The van der Waals surface area contributed by atoms with Crippen LogP contribution < -0.4 is 28.9 Å². The van der Waals surface area contributed by atoms with Gasteiger partial charge in [-0.3, -0.25) is 9.78 Å². The molecule has 11 heteroatoms. The number of aromatic nitrogens is 5. The number of hydrogen-bond donors (Lipinski definition) is 2. The average Bonchev–Trinajstić information content (AvgIpc) is 3.40. The summed E-state index contributed by atoms with van der Waals surface area (Å²) in [4.78, 5) is 17.2. The minimum absolute atomic E-state index is 0.117. The van der Waals surface area contributed by atoms with Crippen molar-refractivity contribution in [2.45, 2.75) is 43.0 Å². The summed E-state index contributed by atoms with van der Waals surface area (Å²) in [6.07, 6.45) is 7.06. The summed E-state index contributed by atoms with van der Waals surface area (Å²) in [7, 11) is 1.74. The Bertz CT molecular complexity index is 1530.